The average Bonchev–Trinajstić information content (AvgIpc) is 2.46. The van der Waals surface area contributed by atoms with E-state index in [0.717, 1.165) is 6.42 Å². The minimum absolute atomic E-state index is 0.464. The van der Waals surface area contributed by atoms with Gasteiger partial charge in [-0.1, -0.05) is 61.5 Å². The number of benzene rings is 2. The largest absolute Gasteiger partial charge is 0.302 e. The second-order valence-corrected chi connectivity index (χ2v) is 5.88. The van der Waals surface area contributed by atoms with Crippen LogP contribution in [0, 0.1) is 6.92 Å². The van der Waals surface area contributed by atoms with Crippen molar-refractivity contribution in [2.75, 3.05) is 14.1 Å². The number of nitrogens with zero attached hydrogens (tertiary/aromatic N) is 1. The summed E-state index contributed by atoms with van der Waals surface area (Å²) in [5.41, 5.74) is 4.25. The predicted octanol–water partition coefficient (Wildman–Crippen LogP) is 4.79. The van der Waals surface area contributed by atoms with Gasteiger partial charge in [0.1, 0.15) is 0 Å². The monoisotopic (exact) mass is 267 g/mol. The molecule has 106 valence electrons. The van der Waals surface area contributed by atoms with Gasteiger partial charge in [-0.05, 0) is 50.0 Å². The summed E-state index contributed by atoms with van der Waals surface area (Å²) in [6, 6.07) is 20.0. The first-order valence-corrected chi connectivity index (χ1v) is 7.36. The van der Waals surface area contributed by atoms with Crippen molar-refractivity contribution >= 4 is 0 Å². The lowest BCUT2D eigenvalue weighted by molar-refractivity contribution is 0.271. The van der Waals surface area contributed by atoms with Gasteiger partial charge < -0.3 is 4.90 Å². The third kappa shape index (κ3) is 3.49. The summed E-state index contributed by atoms with van der Waals surface area (Å²) in [6.45, 7) is 4.53. The van der Waals surface area contributed by atoms with Crippen molar-refractivity contribution < 1.29 is 0 Å². The summed E-state index contributed by atoms with van der Waals surface area (Å²) in [5, 5.41) is 0. The molecule has 0 radical (unpaired) electrons. The summed E-state index contributed by atoms with van der Waals surface area (Å²) in [6.07, 6.45) is 1.14. The number of hydrogen-bond donors (Lipinski definition) is 0. The summed E-state index contributed by atoms with van der Waals surface area (Å²) in [4.78, 5) is 2.34. The Morgan fingerprint density at radius 1 is 0.900 bits per heavy atom. The standard InChI is InChI=1S/C19H25N/c1-15-10-8-9-13-18(15)19(20(3)4)14-16(2)17-11-6-5-7-12-17/h5-13,16,19H,14H2,1-4H3. The molecule has 1 nitrogen and oxygen atoms in total. The van der Waals surface area contributed by atoms with Crippen molar-refractivity contribution in [3.63, 3.8) is 0 Å². The summed E-state index contributed by atoms with van der Waals surface area (Å²) >= 11 is 0. The van der Waals surface area contributed by atoms with Crippen LogP contribution >= 0.6 is 0 Å². The molecule has 0 saturated heterocycles. The van der Waals surface area contributed by atoms with Gasteiger partial charge in [-0.2, -0.15) is 0 Å². The Balaban J connectivity index is 2.21. The smallest absolute Gasteiger partial charge is 0.0350 e. The topological polar surface area (TPSA) is 3.24 Å². The molecule has 0 aliphatic heterocycles. The molecule has 0 aliphatic carbocycles. The minimum atomic E-state index is 0.464. The molecule has 0 amide bonds. The highest BCUT2D eigenvalue weighted by molar-refractivity contribution is 5.29. The van der Waals surface area contributed by atoms with Gasteiger partial charge in [-0.15, -0.1) is 0 Å². The van der Waals surface area contributed by atoms with Crippen LogP contribution in [0.15, 0.2) is 54.6 Å². The fraction of sp³-hybridized carbons (Fsp3) is 0.368. The van der Waals surface area contributed by atoms with E-state index in [9.17, 15) is 0 Å². The van der Waals surface area contributed by atoms with E-state index in [1.54, 1.807) is 0 Å². The van der Waals surface area contributed by atoms with Crippen molar-refractivity contribution in [2.24, 2.45) is 0 Å². The maximum atomic E-state index is 2.34. The van der Waals surface area contributed by atoms with E-state index in [-0.39, 0.29) is 0 Å². The third-order valence-corrected chi connectivity index (χ3v) is 4.12. The van der Waals surface area contributed by atoms with E-state index in [2.05, 4.69) is 87.4 Å². The van der Waals surface area contributed by atoms with Gasteiger partial charge >= 0.3 is 0 Å². The molecule has 1 heteroatoms. The van der Waals surface area contributed by atoms with E-state index in [1.807, 2.05) is 0 Å². The zero-order valence-electron chi connectivity index (χ0n) is 13.0. The first kappa shape index (κ1) is 14.8. The minimum Gasteiger partial charge on any atom is -0.302 e. The third-order valence-electron chi connectivity index (χ3n) is 4.12. The lowest BCUT2D eigenvalue weighted by Gasteiger charge is -2.29. The van der Waals surface area contributed by atoms with Crippen molar-refractivity contribution in [1.82, 2.24) is 4.90 Å². The van der Waals surface area contributed by atoms with Crippen LogP contribution in [0.25, 0.3) is 0 Å². The van der Waals surface area contributed by atoms with Crippen molar-refractivity contribution in [1.29, 1.82) is 0 Å². The summed E-state index contributed by atoms with van der Waals surface area (Å²) < 4.78 is 0. The van der Waals surface area contributed by atoms with Crippen LogP contribution in [0.3, 0.4) is 0 Å². The fourth-order valence-corrected chi connectivity index (χ4v) is 2.83. The highest BCUT2D eigenvalue weighted by Crippen LogP contribution is 2.32. The first-order chi connectivity index (χ1) is 9.59. The molecule has 0 N–H and O–H groups in total. The van der Waals surface area contributed by atoms with E-state index >= 15 is 0 Å². The highest BCUT2D eigenvalue weighted by atomic mass is 15.1. The summed E-state index contributed by atoms with van der Waals surface area (Å²) in [7, 11) is 4.35. The van der Waals surface area contributed by atoms with Crippen LogP contribution < -0.4 is 0 Å². The maximum Gasteiger partial charge on any atom is 0.0350 e. The zero-order chi connectivity index (χ0) is 14.5. The Kier molecular flexibility index (Phi) is 4.97. The van der Waals surface area contributed by atoms with Crippen LogP contribution in [0.4, 0.5) is 0 Å². The predicted molar refractivity (Wildman–Crippen MR) is 87.1 cm³/mol. The van der Waals surface area contributed by atoms with Crippen molar-refractivity contribution in [3.8, 4) is 0 Å². The molecule has 2 aromatic carbocycles. The lowest BCUT2D eigenvalue weighted by atomic mass is 9.88. The molecule has 0 bridgehead atoms. The Morgan fingerprint density at radius 2 is 1.50 bits per heavy atom. The lowest BCUT2D eigenvalue weighted by Crippen LogP contribution is -2.22. The molecule has 2 unspecified atom stereocenters. The van der Waals surface area contributed by atoms with Crippen molar-refractivity contribution in [3.05, 3.63) is 71.3 Å². The Morgan fingerprint density at radius 3 is 2.10 bits per heavy atom. The fourth-order valence-electron chi connectivity index (χ4n) is 2.83. The van der Waals surface area contributed by atoms with Gasteiger partial charge in [0.25, 0.3) is 0 Å². The maximum absolute atomic E-state index is 2.34. The van der Waals surface area contributed by atoms with Gasteiger partial charge in [0, 0.05) is 6.04 Å². The van der Waals surface area contributed by atoms with Crippen molar-refractivity contribution in [2.45, 2.75) is 32.2 Å². The van der Waals surface area contributed by atoms with E-state index < -0.39 is 0 Å². The van der Waals surface area contributed by atoms with Gasteiger partial charge in [0.15, 0.2) is 0 Å². The number of aryl methyl sites for hydroxylation is 1. The zero-order valence-corrected chi connectivity index (χ0v) is 13.0. The second kappa shape index (κ2) is 6.71. The average molecular weight is 267 g/mol. The Hall–Kier alpha value is -1.60. The van der Waals surface area contributed by atoms with E-state index in [1.165, 1.54) is 16.7 Å². The molecular weight excluding hydrogens is 242 g/mol. The number of hydrogen-bond acceptors (Lipinski definition) is 1. The van der Waals surface area contributed by atoms with Crippen LogP contribution in [-0.4, -0.2) is 19.0 Å². The molecule has 0 aromatic heterocycles. The quantitative estimate of drug-likeness (QED) is 0.752. The first-order valence-electron chi connectivity index (χ1n) is 7.36. The molecule has 0 fully saturated rings. The normalized spacial score (nSPS) is 14.2. The molecule has 0 spiro atoms. The summed E-state index contributed by atoms with van der Waals surface area (Å²) in [5.74, 6) is 0.559. The molecule has 2 rings (SSSR count). The molecular formula is C19H25N. The second-order valence-electron chi connectivity index (χ2n) is 5.88. The van der Waals surface area contributed by atoms with Gasteiger partial charge in [-0.3, -0.25) is 0 Å². The van der Waals surface area contributed by atoms with Crippen LogP contribution in [0.5, 0.6) is 0 Å². The van der Waals surface area contributed by atoms with Crippen LogP contribution in [-0.2, 0) is 0 Å². The number of rotatable bonds is 5. The van der Waals surface area contributed by atoms with E-state index in [4.69, 9.17) is 0 Å². The van der Waals surface area contributed by atoms with E-state index in [0.29, 0.717) is 12.0 Å². The van der Waals surface area contributed by atoms with Gasteiger partial charge in [-0.25, -0.2) is 0 Å². The van der Waals surface area contributed by atoms with Gasteiger partial charge in [0.2, 0.25) is 0 Å². The molecule has 0 heterocycles. The molecule has 2 aromatic rings. The molecule has 20 heavy (non-hydrogen) atoms. The van der Waals surface area contributed by atoms with Gasteiger partial charge in [0.05, 0.1) is 0 Å². The Bertz CT molecular complexity index is 530. The Labute approximate surface area is 123 Å². The molecule has 0 aliphatic rings. The molecule has 0 saturated carbocycles. The SMILES string of the molecule is Cc1ccccc1C(CC(C)c1ccccc1)N(C)C. The van der Waals surface area contributed by atoms with Crippen LogP contribution in [0.1, 0.15) is 42.0 Å². The molecule has 2 atom stereocenters. The van der Waals surface area contributed by atoms with Crippen LogP contribution in [0.2, 0.25) is 0 Å². The highest BCUT2D eigenvalue weighted by Gasteiger charge is 2.19.